The first-order valence-corrected chi connectivity index (χ1v) is 6.29. The summed E-state index contributed by atoms with van der Waals surface area (Å²) in [6, 6.07) is 3.54. The van der Waals surface area contributed by atoms with Crippen LogP contribution in [0, 0.1) is 16.0 Å². The number of phenolic OH excluding ortho intramolecular Hbond substituents is 1. The first-order chi connectivity index (χ1) is 9.38. The number of amides is 1. The fourth-order valence-corrected chi connectivity index (χ4v) is 2.35. The highest BCUT2D eigenvalue weighted by Crippen LogP contribution is 2.29. The van der Waals surface area contributed by atoms with Gasteiger partial charge in [-0.3, -0.25) is 14.9 Å². The Morgan fingerprint density at radius 2 is 2.15 bits per heavy atom. The first kappa shape index (κ1) is 14.3. The number of hydrogen-bond donors (Lipinski definition) is 2. The van der Waals surface area contributed by atoms with Crippen LogP contribution in [-0.4, -0.2) is 45.6 Å². The van der Waals surface area contributed by atoms with Crippen LogP contribution in [0.2, 0.25) is 0 Å². The molecule has 0 bridgehead atoms. The van der Waals surface area contributed by atoms with E-state index in [9.17, 15) is 25.1 Å². The number of carbonyl (C=O) groups excluding carboxylic acids is 1. The SMILES string of the molecule is CN(CC1CC(O)C1)C(=O)c1ccc([N+](=O)[O-])c(O)c1. The van der Waals surface area contributed by atoms with E-state index in [4.69, 9.17) is 0 Å². The zero-order valence-electron chi connectivity index (χ0n) is 11.0. The Morgan fingerprint density at radius 3 is 2.65 bits per heavy atom. The van der Waals surface area contributed by atoms with Crippen molar-refractivity contribution in [2.45, 2.75) is 18.9 Å². The standard InChI is InChI=1S/C13H16N2O5/c1-14(7-8-4-10(16)5-8)13(18)9-2-3-11(15(19)20)12(17)6-9/h2-3,6,8,10,16-17H,4-5,7H2,1H3. The van der Waals surface area contributed by atoms with E-state index in [0.29, 0.717) is 19.4 Å². The Morgan fingerprint density at radius 1 is 1.50 bits per heavy atom. The highest BCUT2D eigenvalue weighted by molar-refractivity contribution is 5.94. The van der Waals surface area contributed by atoms with E-state index in [0.717, 1.165) is 12.1 Å². The molecule has 1 aromatic rings. The van der Waals surface area contributed by atoms with Crippen molar-refractivity contribution in [1.82, 2.24) is 4.90 Å². The highest BCUT2D eigenvalue weighted by atomic mass is 16.6. The van der Waals surface area contributed by atoms with Gasteiger partial charge in [0.15, 0.2) is 5.75 Å². The second-order valence-corrected chi connectivity index (χ2v) is 5.14. The summed E-state index contributed by atoms with van der Waals surface area (Å²) in [6.45, 7) is 0.521. The maximum atomic E-state index is 12.1. The number of aliphatic hydroxyl groups excluding tert-OH is 1. The highest BCUT2D eigenvalue weighted by Gasteiger charge is 2.29. The average molecular weight is 280 g/mol. The molecule has 0 heterocycles. The molecule has 0 aliphatic heterocycles. The van der Waals surface area contributed by atoms with Gasteiger partial charge in [-0.15, -0.1) is 0 Å². The third kappa shape index (κ3) is 2.88. The van der Waals surface area contributed by atoms with Crippen molar-refractivity contribution in [1.29, 1.82) is 0 Å². The number of nitrogens with zero attached hydrogens (tertiary/aromatic N) is 2. The van der Waals surface area contributed by atoms with Gasteiger partial charge in [0.2, 0.25) is 0 Å². The Hall–Kier alpha value is -2.15. The maximum absolute atomic E-state index is 12.1. The van der Waals surface area contributed by atoms with E-state index in [2.05, 4.69) is 0 Å². The zero-order valence-corrected chi connectivity index (χ0v) is 11.0. The van der Waals surface area contributed by atoms with Gasteiger partial charge in [-0.05, 0) is 30.9 Å². The Kier molecular flexibility index (Phi) is 3.89. The van der Waals surface area contributed by atoms with Crippen LogP contribution in [0.1, 0.15) is 23.2 Å². The molecule has 0 spiro atoms. The number of aromatic hydroxyl groups is 1. The van der Waals surface area contributed by atoms with Gasteiger partial charge >= 0.3 is 5.69 Å². The first-order valence-electron chi connectivity index (χ1n) is 6.29. The van der Waals surface area contributed by atoms with E-state index in [1.807, 2.05) is 0 Å². The minimum absolute atomic E-state index is 0.204. The number of nitro benzene ring substituents is 1. The summed E-state index contributed by atoms with van der Waals surface area (Å²) in [5, 5.41) is 29.3. The second-order valence-electron chi connectivity index (χ2n) is 5.14. The number of phenols is 1. The molecule has 1 aromatic carbocycles. The van der Waals surface area contributed by atoms with Crippen LogP contribution in [0.3, 0.4) is 0 Å². The Bertz CT molecular complexity index is 540. The largest absolute Gasteiger partial charge is 0.502 e. The van der Waals surface area contributed by atoms with Crippen molar-refractivity contribution in [3.05, 3.63) is 33.9 Å². The van der Waals surface area contributed by atoms with Crippen LogP contribution in [-0.2, 0) is 0 Å². The quantitative estimate of drug-likeness (QED) is 0.635. The van der Waals surface area contributed by atoms with Gasteiger partial charge < -0.3 is 15.1 Å². The van der Waals surface area contributed by atoms with E-state index >= 15 is 0 Å². The van der Waals surface area contributed by atoms with Crippen molar-refractivity contribution in [2.75, 3.05) is 13.6 Å². The summed E-state index contributed by atoms with van der Waals surface area (Å²) >= 11 is 0. The lowest BCUT2D eigenvalue weighted by molar-refractivity contribution is -0.385. The lowest BCUT2D eigenvalue weighted by Gasteiger charge is -2.34. The van der Waals surface area contributed by atoms with Crippen molar-refractivity contribution in [3.63, 3.8) is 0 Å². The van der Waals surface area contributed by atoms with Crippen LogP contribution in [0.4, 0.5) is 5.69 Å². The average Bonchev–Trinajstić information content (AvgIpc) is 2.35. The molecule has 20 heavy (non-hydrogen) atoms. The molecular weight excluding hydrogens is 264 g/mol. The third-order valence-corrected chi connectivity index (χ3v) is 3.51. The predicted molar refractivity (Wildman–Crippen MR) is 70.5 cm³/mol. The molecule has 7 nitrogen and oxygen atoms in total. The van der Waals surface area contributed by atoms with Crippen molar-refractivity contribution < 1.29 is 19.9 Å². The van der Waals surface area contributed by atoms with E-state index in [1.54, 1.807) is 7.05 Å². The molecule has 0 radical (unpaired) electrons. The topological polar surface area (TPSA) is 104 Å². The van der Waals surface area contributed by atoms with Gasteiger partial charge in [-0.2, -0.15) is 0 Å². The summed E-state index contributed by atoms with van der Waals surface area (Å²) in [6.07, 6.45) is 1.10. The predicted octanol–water partition coefficient (Wildman–Crippen LogP) is 1.14. The van der Waals surface area contributed by atoms with Crippen LogP contribution < -0.4 is 0 Å². The lowest BCUT2D eigenvalue weighted by atomic mass is 9.82. The fraction of sp³-hybridized carbons (Fsp3) is 0.462. The van der Waals surface area contributed by atoms with Crippen LogP contribution in [0.25, 0.3) is 0 Å². The number of carbonyl (C=O) groups is 1. The monoisotopic (exact) mass is 280 g/mol. The molecule has 1 amide bonds. The molecule has 108 valence electrons. The second kappa shape index (κ2) is 5.46. The number of aliphatic hydroxyl groups is 1. The molecule has 0 aromatic heterocycles. The molecule has 0 atom stereocenters. The number of rotatable bonds is 4. The molecule has 7 heteroatoms. The maximum Gasteiger partial charge on any atom is 0.310 e. The smallest absolute Gasteiger partial charge is 0.310 e. The molecule has 0 unspecified atom stereocenters. The van der Waals surface area contributed by atoms with E-state index < -0.39 is 16.4 Å². The van der Waals surface area contributed by atoms with Crippen LogP contribution in [0.5, 0.6) is 5.75 Å². The molecule has 2 N–H and O–H groups in total. The van der Waals surface area contributed by atoms with Crippen LogP contribution in [0.15, 0.2) is 18.2 Å². The molecular formula is C13H16N2O5. The van der Waals surface area contributed by atoms with Gasteiger partial charge in [0.25, 0.3) is 5.91 Å². The normalized spacial score (nSPS) is 21.1. The van der Waals surface area contributed by atoms with Gasteiger partial charge in [0, 0.05) is 25.2 Å². The van der Waals surface area contributed by atoms with Gasteiger partial charge in [0.1, 0.15) is 0 Å². The van der Waals surface area contributed by atoms with Gasteiger partial charge in [-0.1, -0.05) is 0 Å². The van der Waals surface area contributed by atoms with Crippen LogP contribution >= 0.6 is 0 Å². The minimum Gasteiger partial charge on any atom is -0.502 e. The van der Waals surface area contributed by atoms with Gasteiger partial charge in [-0.25, -0.2) is 0 Å². The number of hydrogen-bond acceptors (Lipinski definition) is 5. The molecule has 1 fully saturated rings. The summed E-state index contributed by atoms with van der Waals surface area (Å²) in [5.74, 6) is -0.546. The summed E-state index contributed by atoms with van der Waals surface area (Å²) in [4.78, 5) is 23.5. The molecule has 1 aliphatic rings. The van der Waals surface area contributed by atoms with Crippen molar-refractivity contribution >= 4 is 11.6 Å². The Labute approximate surface area is 115 Å². The van der Waals surface area contributed by atoms with Crippen molar-refractivity contribution in [2.24, 2.45) is 5.92 Å². The van der Waals surface area contributed by atoms with E-state index in [-0.39, 0.29) is 23.5 Å². The van der Waals surface area contributed by atoms with Gasteiger partial charge in [0.05, 0.1) is 11.0 Å². The number of benzene rings is 1. The fourth-order valence-electron chi connectivity index (χ4n) is 2.35. The van der Waals surface area contributed by atoms with E-state index in [1.165, 1.54) is 11.0 Å². The Balaban J connectivity index is 2.05. The molecule has 1 saturated carbocycles. The molecule has 0 saturated heterocycles. The summed E-state index contributed by atoms with van der Waals surface area (Å²) in [7, 11) is 1.63. The molecule has 2 rings (SSSR count). The third-order valence-electron chi connectivity index (χ3n) is 3.51. The minimum atomic E-state index is -0.705. The number of nitro groups is 1. The molecule has 1 aliphatic carbocycles. The zero-order chi connectivity index (χ0) is 14.9. The lowest BCUT2D eigenvalue weighted by Crippen LogP contribution is -2.39. The van der Waals surface area contributed by atoms with Crippen molar-refractivity contribution in [3.8, 4) is 5.75 Å². The summed E-state index contributed by atoms with van der Waals surface area (Å²) < 4.78 is 0. The summed E-state index contributed by atoms with van der Waals surface area (Å²) in [5.41, 5.74) is -0.221.